The number of fused-ring (bicyclic) bond motifs is 1. The first-order valence-corrected chi connectivity index (χ1v) is 12.6. The summed E-state index contributed by atoms with van der Waals surface area (Å²) in [7, 11) is 0. The molecule has 2 aliphatic heterocycles. The molecule has 0 aromatic heterocycles. The number of aryl methyl sites for hydroxylation is 1. The first-order chi connectivity index (χ1) is 16.8. The number of likely N-dealkylation sites (tertiary alicyclic amines) is 1. The van der Waals surface area contributed by atoms with Crippen LogP contribution in [0.1, 0.15) is 55.8 Å². The minimum Gasteiger partial charge on any atom is -0.485 e. The van der Waals surface area contributed by atoms with Gasteiger partial charge in [-0.3, -0.25) is 9.59 Å². The van der Waals surface area contributed by atoms with Crippen LogP contribution in [0.3, 0.4) is 0 Å². The molecular formula is C28H37N3O4. The first kappa shape index (κ1) is 25.2. The second-order valence-electron chi connectivity index (χ2n) is 10.1. The van der Waals surface area contributed by atoms with Gasteiger partial charge in [0.2, 0.25) is 11.8 Å². The number of hydrogen-bond acceptors (Lipinski definition) is 5. The van der Waals surface area contributed by atoms with Crippen molar-refractivity contribution in [2.24, 2.45) is 11.7 Å². The van der Waals surface area contributed by atoms with Gasteiger partial charge in [0.1, 0.15) is 11.4 Å². The maximum Gasteiger partial charge on any atom is 0.219 e. The monoisotopic (exact) mass is 479 g/mol. The third kappa shape index (κ3) is 6.03. The van der Waals surface area contributed by atoms with Crippen molar-refractivity contribution in [3.05, 3.63) is 65.2 Å². The number of carbonyl (C=O) groups excluding carboxylic acids is 2. The number of ether oxygens (including phenoxy) is 1. The van der Waals surface area contributed by atoms with E-state index in [9.17, 15) is 14.7 Å². The van der Waals surface area contributed by atoms with E-state index in [1.54, 1.807) is 6.92 Å². The minimum absolute atomic E-state index is 0.0299. The number of primary amides is 1. The summed E-state index contributed by atoms with van der Waals surface area (Å²) >= 11 is 0. The molecule has 7 heteroatoms. The van der Waals surface area contributed by atoms with E-state index in [-0.39, 0.29) is 24.3 Å². The van der Waals surface area contributed by atoms with Crippen LogP contribution in [0.15, 0.2) is 48.5 Å². The molecule has 35 heavy (non-hydrogen) atoms. The van der Waals surface area contributed by atoms with Gasteiger partial charge in [0.25, 0.3) is 0 Å². The van der Waals surface area contributed by atoms with Gasteiger partial charge >= 0.3 is 0 Å². The summed E-state index contributed by atoms with van der Waals surface area (Å²) in [5.41, 5.74) is 8.45. The minimum atomic E-state index is -0.739. The number of rotatable bonds is 9. The molecule has 0 unspecified atom stereocenters. The largest absolute Gasteiger partial charge is 0.485 e. The summed E-state index contributed by atoms with van der Waals surface area (Å²) in [5, 5.41) is 14.7. The van der Waals surface area contributed by atoms with Crippen molar-refractivity contribution in [1.29, 1.82) is 0 Å². The number of nitrogens with one attached hydrogen (secondary N) is 1. The zero-order valence-corrected chi connectivity index (χ0v) is 20.7. The molecule has 0 aliphatic carbocycles. The summed E-state index contributed by atoms with van der Waals surface area (Å²) in [6.45, 7) is 5.30. The van der Waals surface area contributed by atoms with Crippen LogP contribution in [0.2, 0.25) is 0 Å². The molecule has 2 aromatic rings. The van der Waals surface area contributed by atoms with Gasteiger partial charge in [-0.1, -0.05) is 49.4 Å². The Labute approximate surface area is 207 Å². The number of nitrogens with zero attached hydrogens (tertiary/aromatic N) is 1. The molecule has 0 saturated carbocycles. The predicted molar refractivity (Wildman–Crippen MR) is 135 cm³/mol. The summed E-state index contributed by atoms with van der Waals surface area (Å²) in [5.74, 6) is 0.206. The maximum absolute atomic E-state index is 12.0. The highest BCUT2D eigenvalue weighted by Crippen LogP contribution is 2.44. The van der Waals surface area contributed by atoms with Gasteiger partial charge < -0.3 is 25.8 Å². The third-order valence-corrected chi connectivity index (χ3v) is 7.44. The Morgan fingerprint density at radius 3 is 2.66 bits per heavy atom. The van der Waals surface area contributed by atoms with Gasteiger partial charge in [-0.15, -0.1) is 0 Å². The lowest BCUT2D eigenvalue weighted by molar-refractivity contribution is -0.128. The Morgan fingerprint density at radius 2 is 2.00 bits per heavy atom. The fourth-order valence-corrected chi connectivity index (χ4v) is 5.43. The van der Waals surface area contributed by atoms with Crippen molar-refractivity contribution in [2.75, 3.05) is 19.6 Å². The summed E-state index contributed by atoms with van der Waals surface area (Å²) in [4.78, 5) is 25.6. The number of benzene rings is 2. The van der Waals surface area contributed by atoms with E-state index in [0.29, 0.717) is 32.5 Å². The molecule has 2 aromatic carbocycles. The molecular weight excluding hydrogens is 442 g/mol. The van der Waals surface area contributed by atoms with Crippen LogP contribution in [-0.4, -0.2) is 53.2 Å². The molecule has 1 fully saturated rings. The lowest BCUT2D eigenvalue weighted by Gasteiger charge is -2.41. The van der Waals surface area contributed by atoms with Gasteiger partial charge in [-0.25, -0.2) is 0 Å². The number of hydrogen-bond donors (Lipinski definition) is 3. The SMILES string of the molecule is CCc1ccc2c(c1)[C@@H](NC[C@H](O)[C@H](CC(N)=O)Cc1ccccc1)C[C@]1(CCN(C(C)=O)C1)O2. The van der Waals surface area contributed by atoms with Crippen LogP contribution in [0, 0.1) is 5.92 Å². The Morgan fingerprint density at radius 1 is 1.23 bits per heavy atom. The van der Waals surface area contributed by atoms with Crippen molar-refractivity contribution in [2.45, 2.75) is 63.7 Å². The van der Waals surface area contributed by atoms with Crippen molar-refractivity contribution in [3.8, 4) is 5.75 Å². The molecule has 7 nitrogen and oxygen atoms in total. The molecule has 2 amide bonds. The molecule has 2 aliphatic rings. The average molecular weight is 480 g/mol. The van der Waals surface area contributed by atoms with E-state index in [1.165, 1.54) is 5.56 Å². The standard InChI is InChI=1S/C28H37N3O4/c1-3-20-9-10-26-23(14-20)24(16-28(35-26)11-12-31(18-28)19(2)32)30-17-25(33)22(15-27(29)34)13-21-7-5-4-6-8-21/h4-10,14,22,24-25,30,33H,3,11-13,15-18H2,1-2H3,(H2,29,34)/t22-,24-,25-,28-/m0/s1. The Kier molecular flexibility index (Phi) is 7.77. The second-order valence-corrected chi connectivity index (χ2v) is 10.1. The molecule has 1 saturated heterocycles. The topological polar surface area (TPSA) is 105 Å². The van der Waals surface area contributed by atoms with Crippen molar-refractivity contribution < 1.29 is 19.4 Å². The second kappa shape index (κ2) is 10.8. The molecule has 1 spiro atoms. The molecule has 2 heterocycles. The lowest BCUT2D eigenvalue weighted by Crippen LogP contribution is -2.48. The molecule has 4 N–H and O–H groups in total. The zero-order chi connectivity index (χ0) is 25.0. The average Bonchev–Trinajstić information content (AvgIpc) is 3.25. The Hall–Kier alpha value is -2.90. The molecule has 188 valence electrons. The smallest absolute Gasteiger partial charge is 0.219 e. The van der Waals surface area contributed by atoms with E-state index in [1.807, 2.05) is 41.3 Å². The van der Waals surface area contributed by atoms with Crippen molar-refractivity contribution in [1.82, 2.24) is 10.2 Å². The van der Waals surface area contributed by atoms with Crippen LogP contribution in [0.25, 0.3) is 0 Å². The summed E-state index contributed by atoms with van der Waals surface area (Å²) < 4.78 is 6.52. The molecule has 4 rings (SSSR count). The highest BCUT2D eigenvalue weighted by Gasteiger charge is 2.46. The number of aliphatic hydroxyl groups excluding tert-OH is 1. The van der Waals surface area contributed by atoms with Crippen LogP contribution >= 0.6 is 0 Å². The van der Waals surface area contributed by atoms with Crippen molar-refractivity contribution in [3.63, 3.8) is 0 Å². The number of aliphatic hydroxyl groups is 1. The van der Waals surface area contributed by atoms with Crippen LogP contribution < -0.4 is 15.8 Å². The van der Waals surface area contributed by atoms with E-state index >= 15 is 0 Å². The predicted octanol–water partition coefficient (Wildman–Crippen LogP) is 2.75. The molecule has 0 radical (unpaired) electrons. The van der Waals surface area contributed by atoms with E-state index in [4.69, 9.17) is 10.5 Å². The van der Waals surface area contributed by atoms with E-state index in [2.05, 4.69) is 24.4 Å². The van der Waals surface area contributed by atoms with Gasteiger partial charge in [-0.2, -0.15) is 0 Å². The fraction of sp³-hybridized carbons (Fsp3) is 0.500. The van der Waals surface area contributed by atoms with Gasteiger partial charge in [0.05, 0.1) is 12.6 Å². The number of carbonyl (C=O) groups is 2. The van der Waals surface area contributed by atoms with Gasteiger partial charge in [0, 0.05) is 50.9 Å². The van der Waals surface area contributed by atoms with E-state index in [0.717, 1.165) is 29.7 Å². The highest BCUT2D eigenvalue weighted by molar-refractivity contribution is 5.74. The fourth-order valence-electron chi connectivity index (χ4n) is 5.43. The quantitative estimate of drug-likeness (QED) is 0.513. The number of nitrogens with two attached hydrogens (primary N) is 1. The molecule has 4 atom stereocenters. The molecule has 0 bridgehead atoms. The highest BCUT2D eigenvalue weighted by atomic mass is 16.5. The Balaban J connectivity index is 1.52. The van der Waals surface area contributed by atoms with Crippen molar-refractivity contribution >= 4 is 11.8 Å². The van der Waals surface area contributed by atoms with Gasteiger partial charge in [-0.05, 0) is 36.0 Å². The van der Waals surface area contributed by atoms with Crippen LogP contribution in [0.5, 0.6) is 5.75 Å². The number of amides is 2. The zero-order valence-electron chi connectivity index (χ0n) is 20.7. The van der Waals surface area contributed by atoms with Crippen LogP contribution in [-0.2, 0) is 22.4 Å². The van der Waals surface area contributed by atoms with E-state index < -0.39 is 17.6 Å². The third-order valence-electron chi connectivity index (χ3n) is 7.44. The Bertz CT molecular complexity index is 1040. The van der Waals surface area contributed by atoms with Crippen LogP contribution in [0.4, 0.5) is 0 Å². The van der Waals surface area contributed by atoms with Gasteiger partial charge in [0.15, 0.2) is 0 Å². The summed E-state index contributed by atoms with van der Waals surface area (Å²) in [6.07, 6.45) is 2.37. The summed E-state index contributed by atoms with van der Waals surface area (Å²) in [6, 6.07) is 16.1. The lowest BCUT2D eigenvalue weighted by atomic mass is 9.85. The normalized spacial score (nSPS) is 22.9. The first-order valence-electron chi connectivity index (χ1n) is 12.6. The maximum atomic E-state index is 12.0.